The summed E-state index contributed by atoms with van der Waals surface area (Å²) >= 11 is -1.51. The predicted octanol–water partition coefficient (Wildman–Crippen LogP) is 7.22. The molecule has 0 N–H and O–H groups in total. The number of rotatable bonds is 3. The fraction of sp³-hybridized carbons (Fsp3) is 0.360. The minimum absolute atomic E-state index is 0.594. The van der Waals surface area contributed by atoms with Crippen molar-refractivity contribution in [3.8, 4) is 0 Å². The van der Waals surface area contributed by atoms with Crippen LogP contribution in [0.15, 0.2) is 66.7 Å². The van der Waals surface area contributed by atoms with Crippen molar-refractivity contribution >= 4 is 23.8 Å². The van der Waals surface area contributed by atoms with Gasteiger partial charge in [0.15, 0.2) is 0 Å². The molecular formula is C25H32SSiZr. The Labute approximate surface area is 176 Å². The number of allylic oxidation sites excluding steroid dienone is 5. The van der Waals surface area contributed by atoms with E-state index in [-0.39, 0.29) is 0 Å². The second-order valence-corrected chi connectivity index (χ2v) is 40.2. The summed E-state index contributed by atoms with van der Waals surface area (Å²) in [6, 6.07) is 11.5. The zero-order valence-electron chi connectivity index (χ0n) is 18.3. The van der Waals surface area contributed by atoms with Crippen LogP contribution in [0, 0.1) is 5.92 Å². The molecule has 1 aromatic heterocycles. The van der Waals surface area contributed by atoms with E-state index in [1.807, 2.05) is 3.28 Å². The molecule has 28 heavy (non-hydrogen) atoms. The van der Waals surface area contributed by atoms with Crippen LogP contribution in [-0.4, -0.2) is 6.88 Å². The number of thiophene rings is 1. The van der Waals surface area contributed by atoms with Crippen LogP contribution in [0.5, 0.6) is 0 Å². The Bertz CT molecular complexity index is 1130. The molecule has 2 aliphatic carbocycles. The quantitative estimate of drug-likeness (QED) is 0.404. The molecule has 1 heterocycles. The van der Waals surface area contributed by atoms with Crippen LogP contribution in [0.4, 0.5) is 0 Å². The monoisotopic (exact) mass is 482 g/mol. The van der Waals surface area contributed by atoms with E-state index in [4.69, 9.17) is 0 Å². The average molecular weight is 484 g/mol. The molecular weight excluding hydrogens is 452 g/mol. The summed E-state index contributed by atoms with van der Waals surface area (Å²) in [5.74, 6) is 0.600. The average Bonchev–Trinajstić information content (AvgIpc) is 3.28. The van der Waals surface area contributed by atoms with Gasteiger partial charge in [0.1, 0.15) is 0 Å². The summed E-state index contributed by atoms with van der Waals surface area (Å²) in [4.78, 5) is 0. The van der Waals surface area contributed by atoms with Gasteiger partial charge in [0.2, 0.25) is 0 Å². The predicted molar refractivity (Wildman–Crippen MR) is 126 cm³/mol. The van der Waals surface area contributed by atoms with Gasteiger partial charge >= 0.3 is 178 Å². The Balaban J connectivity index is 2.00. The molecule has 4 rings (SSSR count). The topological polar surface area (TPSA) is 0 Å². The number of hydrogen-bond donors (Lipinski definition) is 0. The first-order chi connectivity index (χ1) is 13.0. The molecule has 0 aliphatic heterocycles. The normalized spacial score (nSPS) is 23.1. The summed E-state index contributed by atoms with van der Waals surface area (Å²) < 4.78 is 7.85. The van der Waals surface area contributed by atoms with Gasteiger partial charge in [-0.3, -0.25) is 0 Å². The first kappa shape index (κ1) is 20.5. The van der Waals surface area contributed by atoms with Gasteiger partial charge in [0.05, 0.1) is 0 Å². The molecule has 0 bridgehead atoms. The molecule has 146 valence electrons. The van der Waals surface area contributed by atoms with Crippen LogP contribution < -0.4 is 0 Å². The third kappa shape index (κ3) is 2.76. The van der Waals surface area contributed by atoms with Crippen molar-refractivity contribution in [2.75, 3.05) is 0 Å². The van der Waals surface area contributed by atoms with E-state index in [9.17, 15) is 0 Å². The maximum atomic E-state index is 2.71. The zero-order chi connectivity index (χ0) is 20.5. The van der Waals surface area contributed by atoms with Crippen LogP contribution in [0.25, 0.3) is 5.57 Å². The van der Waals surface area contributed by atoms with Crippen LogP contribution in [-0.2, 0) is 17.4 Å². The van der Waals surface area contributed by atoms with Crippen molar-refractivity contribution in [2.45, 2.75) is 47.5 Å². The molecule has 0 fully saturated rings. The van der Waals surface area contributed by atoms with Crippen LogP contribution in [0.1, 0.15) is 54.9 Å². The number of benzene rings is 1. The Morgan fingerprint density at radius 2 is 1.61 bits per heavy atom. The third-order valence-corrected chi connectivity index (χ3v) is 25.7. The van der Waals surface area contributed by atoms with Crippen LogP contribution in [0.3, 0.4) is 0 Å². The van der Waals surface area contributed by atoms with E-state index >= 15 is 0 Å². The van der Waals surface area contributed by atoms with Gasteiger partial charge in [0.25, 0.3) is 0 Å². The van der Waals surface area contributed by atoms with E-state index in [1.54, 1.807) is 39.2 Å². The SMILES string of the molecule is CC1=C(C)C(C)[C]([Zr]([CH3])([CH3])(=[SiH2])[CH]2C(C)=C(c3ccsc3)c3ccccc32)=C1C. The van der Waals surface area contributed by atoms with Gasteiger partial charge < -0.3 is 0 Å². The maximum absolute atomic E-state index is 3.32. The van der Waals surface area contributed by atoms with Gasteiger partial charge in [-0.25, -0.2) is 0 Å². The molecule has 2 aliphatic rings. The van der Waals surface area contributed by atoms with Crippen LogP contribution in [0.2, 0.25) is 9.26 Å². The first-order valence-electron chi connectivity index (χ1n) is 10.3. The van der Waals surface area contributed by atoms with Crippen LogP contribution >= 0.6 is 11.3 Å². The van der Waals surface area contributed by atoms with Gasteiger partial charge in [0, 0.05) is 0 Å². The Kier molecular flexibility index (Phi) is 4.85. The number of fused-ring (bicyclic) bond motifs is 1. The molecule has 0 saturated heterocycles. The van der Waals surface area contributed by atoms with Crippen molar-refractivity contribution in [3.05, 3.63) is 83.4 Å². The van der Waals surface area contributed by atoms with Gasteiger partial charge in [-0.15, -0.1) is 0 Å². The minimum atomic E-state index is -3.32. The van der Waals surface area contributed by atoms with Crippen molar-refractivity contribution in [1.29, 1.82) is 0 Å². The Morgan fingerprint density at radius 3 is 2.18 bits per heavy atom. The van der Waals surface area contributed by atoms with E-state index in [2.05, 4.69) is 91.9 Å². The Hall–Kier alpha value is -0.760. The van der Waals surface area contributed by atoms with Crippen molar-refractivity contribution < 1.29 is 17.4 Å². The van der Waals surface area contributed by atoms with E-state index in [0.717, 1.165) is 0 Å². The molecule has 1 aromatic carbocycles. The second-order valence-electron chi connectivity index (χ2n) is 9.97. The molecule has 0 saturated carbocycles. The molecule has 2 aromatic rings. The molecule has 3 heteroatoms. The van der Waals surface area contributed by atoms with E-state index in [1.165, 1.54) is 16.7 Å². The summed E-state index contributed by atoms with van der Waals surface area (Å²) in [6.45, 7) is 14.4. The van der Waals surface area contributed by atoms with Gasteiger partial charge in [-0.1, -0.05) is 0 Å². The molecule has 0 nitrogen and oxygen atoms in total. The summed E-state index contributed by atoms with van der Waals surface area (Å²) in [7, 11) is 0. The van der Waals surface area contributed by atoms with E-state index < -0.39 is 17.4 Å². The summed E-state index contributed by atoms with van der Waals surface area (Å²) in [5.41, 5.74) is 12.3. The van der Waals surface area contributed by atoms with Gasteiger partial charge in [-0.05, 0) is 0 Å². The standard InChI is InChI=1S/C14H11S.C9H13.2CH3.H2Si.Zr/c1-10-8-11-4-2-3-5-13(11)14(10)12-6-7-15-9-12;1-6-5-7(2)9(4)8(6)3;;;;/h2-9H,1H3;6H,1-4H3;2*1H3;1H2;. The zero-order valence-corrected chi connectivity index (χ0v) is 23.0. The third-order valence-electron chi connectivity index (χ3n) is 7.63. The molecule has 0 spiro atoms. The second kappa shape index (κ2) is 6.62. The molecule has 0 amide bonds. The Morgan fingerprint density at radius 1 is 0.929 bits per heavy atom. The van der Waals surface area contributed by atoms with Crippen molar-refractivity contribution in [1.82, 2.24) is 0 Å². The number of hydrogen-bond acceptors (Lipinski definition) is 1. The summed E-state index contributed by atoms with van der Waals surface area (Å²) in [5, 5.41) is 4.54. The molecule has 2 atom stereocenters. The fourth-order valence-corrected chi connectivity index (χ4v) is 28.7. The summed E-state index contributed by atoms with van der Waals surface area (Å²) in [6.07, 6.45) is 0. The van der Waals surface area contributed by atoms with E-state index in [0.29, 0.717) is 9.54 Å². The fourth-order valence-electron chi connectivity index (χ4n) is 6.40. The first-order valence-corrected chi connectivity index (χ1v) is 24.8. The van der Waals surface area contributed by atoms with Crippen molar-refractivity contribution in [3.63, 3.8) is 0 Å². The van der Waals surface area contributed by atoms with Crippen molar-refractivity contribution in [2.24, 2.45) is 5.92 Å². The molecule has 0 radical (unpaired) electrons. The van der Waals surface area contributed by atoms with Gasteiger partial charge in [-0.2, -0.15) is 0 Å². The molecule has 2 unspecified atom stereocenters.